The van der Waals surface area contributed by atoms with Gasteiger partial charge in [-0.15, -0.1) is 0 Å². The molecule has 0 aliphatic carbocycles. The number of quaternary nitrogens is 1. The Morgan fingerprint density at radius 2 is 1.07 bits per heavy atom. The molecule has 0 spiro atoms. The smallest absolute Gasteiger partial charge is 0.299 e. The highest BCUT2D eigenvalue weighted by Gasteiger charge is 2.24. The Labute approximate surface area is 188 Å². The first kappa shape index (κ1) is 32.0. The van der Waals surface area contributed by atoms with E-state index in [1.54, 1.807) is 0 Å². The van der Waals surface area contributed by atoms with Gasteiger partial charge in [0, 0.05) is 0 Å². The lowest BCUT2D eigenvalue weighted by Crippen LogP contribution is -2.47. The van der Waals surface area contributed by atoms with Gasteiger partial charge in [0.1, 0.15) is 0 Å². The number of alkyl halides is 1. The second-order valence-corrected chi connectivity index (χ2v) is 10.0. The van der Waals surface area contributed by atoms with E-state index >= 15 is 0 Å². The van der Waals surface area contributed by atoms with E-state index < -0.39 is 15.6 Å². The maximum atomic E-state index is 13.4. The van der Waals surface area contributed by atoms with Crippen LogP contribution in [-0.2, 0) is 14.3 Å². The summed E-state index contributed by atoms with van der Waals surface area (Å²) in [5.41, 5.74) is -1.86. The van der Waals surface area contributed by atoms with Crippen molar-refractivity contribution >= 4 is 10.1 Å². The molecule has 1 unspecified atom stereocenters. The number of unbranched alkanes of at least 4 members (excludes halogenated alkanes) is 9. The predicted octanol–water partition coefficient (Wildman–Crippen LogP) is 7.23. The van der Waals surface area contributed by atoms with Crippen molar-refractivity contribution < 1.29 is 21.5 Å². The van der Waals surface area contributed by atoms with Gasteiger partial charge in [-0.1, -0.05) is 71.6 Å². The summed E-state index contributed by atoms with van der Waals surface area (Å²) in [6.07, 6.45) is 11.8. The number of rotatable bonds is 19. The van der Waals surface area contributed by atoms with Crippen LogP contribution in [0.3, 0.4) is 0 Å². The fourth-order valence-electron chi connectivity index (χ4n) is 3.51. The first-order valence-corrected chi connectivity index (χ1v) is 14.1. The van der Waals surface area contributed by atoms with Crippen LogP contribution in [0.15, 0.2) is 0 Å². The summed E-state index contributed by atoms with van der Waals surface area (Å²) in [4.78, 5) is 0. The van der Waals surface area contributed by atoms with Crippen LogP contribution in [0.1, 0.15) is 119 Å². The molecule has 0 aromatic rings. The summed E-state index contributed by atoms with van der Waals surface area (Å²) in [5, 5.41) is 0. The van der Waals surface area contributed by atoms with Gasteiger partial charge in [0.25, 0.3) is 10.1 Å². The van der Waals surface area contributed by atoms with E-state index in [0.717, 1.165) is 19.3 Å². The molecule has 0 rings (SSSR count). The summed E-state index contributed by atoms with van der Waals surface area (Å²) < 4.78 is 42.4. The fraction of sp³-hybridized carbons (Fsp3) is 1.00. The second kappa shape index (κ2) is 20.7. The highest BCUT2D eigenvalue weighted by molar-refractivity contribution is 7.87. The van der Waals surface area contributed by atoms with Crippen molar-refractivity contribution in [2.75, 3.05) is 32.8 Å². The molecular formula is C24H53FNO3S+. The summed E-state index contributed by atoms with van der Waals surface area (Å²) in [6, 6.07) is 0. The van der Waals surface area contributed by atoms with Crippen LogP contribution in [0.5, 0.6) is 0 Å². The summed E-state index contributed by atoms with van der Waals surface area (Å²) in [7, 11) is -4.01. The molecule has 0 aliphatic heterocycles. The lowest BCUT2D eigenvalue weighted by molar-refractivity contribution is -0.921. The van der Waals surface area contributed by atoms with E-state index in [1.165, 1.54) is 69.2 Å². The molecule has 0 aliphatic rings. The van der Waals surface area contributed by atoms with Gasteiger partial charge in [-0.25, -0.2) is 4.39 Å². The van der Waals surface area contributed by atoms with Crippen molar-refractivity contribution in [3.8, 4) is 0 Å². The molecule has 0 fully saturated rings. The summed E-state index contributed by atoms with van der Waals surface area (Å²) in [5.74, 6) is 0. The Morgan fingerprint density at radius 3 is 1.43 bits per heavy atom. The SMILES string of the molecule is CCCCCCCCCCCOS(=O)(=O)C(F)CCCC.CC[N+](CC)(CC)CC. The van der Waals surface area contributed by atoms with Gasteiger partial charge in [0.05, 0.1) is 32.8 Å². The van der Waals surface area contributed by atoms with Crippen molar-refractivity contribution in [1.29, 1.82) is 0 Å². The molecule has 0 aromatic heterocycles. The minimum absolute atomic E-state index is 0.0383. The normalized spacial score (nSPS) is 13.0. The minimum atomic E-state index is -4.01. The Hall–Kier alpha value is -0.200. The maximum absolute atomic E-state index is 13.4. The molecule has 184 valence electrons. The number of hydrogen-bond acceptors (Lipinski definition) is 3. The zero-order valence-corrected chi connectivity index (χ0v) is 21.9. The molecule has 1 atom stereocenters. The zero-order valence-electron chi connectivity index (χ0n) is 21.1. The van der Waals surface area contributed by atoms with Crippen LogP contribution in [0.4, 0.5) is 4.39 Å². The van der Waals surface area contributed by atoms with Crippen molar-refractivity contribution in [3.05, 3.63) is 0 Å². The Bertz CT molecular complexity index is 436. The lowest BCUT2D eigenvalue weighted by atomic mass is 10.1. The van der Waals surface area contributed by atoms with Gasteiger partial charge in [-0.2, -0.15) is 8.42 Å². The fourth-order valence-corrected chi connectivity index (χ4v) is 4.47. The first-order valence-electron chi connectivity index (χ1n) is 12.7. The van der Waals surface area contributed by atoms with Gasteiger partial charge >= 0.3 is 0 Å². The second-order valence-electron chi connectivity index (χ2n) is 8.30. The standard InChI is InChI=1S/C16H33FO3S.C8H20N/c1-3-5-7-8-9-10-11-12-13-15-20-21(18,19)16(17)14-6-4-2;1-5-9(6-2,7-3)8-4/h16H,3-15H2,1-2H3;5-8H2,1-4H3/q;+1. The minimum Gasteiger partial charge on any atom is -0.325 e. The van der Waals surface area contributed by atoms with Crippen LogP contribution in [0.25, 0.3) is 0 Å². The van der Waals surface area contributed by atoms with E-state index in [9.17, 15) is 12.8 Å². The average Bonchev–Trinajstić information content (AvgIpc) is 2.75. The molecule has 0 bridgehead atoms. The third-order valence-corrected chi connectivity index (χ3v) is 7.63. The van der Waals surface area contributed by atoms with E-state index in [2.05, 4.69) is 34.6 Å². The molecule has 0 N–H and O–H groups in total. The molecule has 0 amide bonds. The van der Waals surface area contributed by atoms with Crippen LogP contribution < -0.4 is 0 Å². The largest absolute Gasteiger partial charge is 0.325 e. The number of halogens is 1. The van der Waals surface area contributed by atoms with Gasteiger partial charge < -0.3 is 4.48 Å². The van der Waals surface area contributed by atoms with Gasteiger partial charge in [0.2, 0.25) is 5.50 Å². The number of hydrogen-bond donors (Lipinski definition) is 0. The van der Waals surface area contributed by atoms with Crippen LogP contribution >= 0.6 is 0 Å². The molecule has 6 heteroatoms. The molecule has 0 radical (unpaired) electrons. The van der Waals surface area contributed by atoms with Crippen LogP contribution in [0.2, 0.25) is 0 Å². The Kier molecular flexibility index (Phi) is 22.1. The van der Waals surface area contributed by atoms with Crippen molar-refractivity contribution in [3.63, 3.8) is 0 Å². The monoisotopic (exact) mass is 454 g/mol. The third-order valence-electron chi connectivity index (χ3n) is 6.28. The first-order chi connectivity index (χ1) is 14.3. The topological polar surface area (TPSA) is 43.4 Å². The zero-order chi connectivity index (χ0) is 23.3. The molecular weight excluding hydrogens is 401 g/mol. The average molecular weight is 455 g/mol. The number of nitrogens with zero attached hydrogens (tertiary/aromatic N) is 1. The van der Waals surface area contributed by atoms with Crippen LogP contribution in [-0.4, -0.2) is 51.2 Å². The Morgan fingerprint density at radius 1 is 0.667 bits per heavy atom. The van der Waals surface area contributed by atoms with Crippen LogP contribution in [0, 0.1) is 0 Å². The summed E-state index contributed by atoms with van der Waals surface area (Å²) >= 11 is 0. The van der Waals surface area contributed by atoms with Crippen molar-refractivity contribution in [2.24, 2.45) is 0 Å². The van der Waals surface area contributed by atoms with Gasteiger partial charge in [-0.05, 0) is 47.0 Å². The third kappa shape index (κ3) is 16.5. The molecule has 0 saturated heterocycles. The van der Waals surface area contributed by atoms with Crippen molar-refractivity contribution in [2.45, 2.75) is 124 Å². The quantitative estimate of drug-likeness (QED) is 0.117. The molecule has 0 aromatic carbocycles. The molecule has 0 heterocycles. The highest BCUT2D eigenvalue weighted by Crippen LogP contribution is 2.15. The molecule has 0 saturated carbocycles. The van der Waals surface area contributed by atoms with Gasteiger partial charge in [-0.3, -0.25) is 4.18 Å². The van der Waals surface area contributed by atoms with Crippen molar-refractivity contribution in [1.82, 2.24) is 0 Å². The van der Waals surface area contributed by atoms with E-state index in [0.29, 0.717) is 12.8 Å². The van der Waals surface area contributed by atoms with Gasteiger partial charge in [0.15, 0.2) is 0 Å². The maximum Gasteiger partial charge on any atom is 0.299 e. The van der Waals surface area contributed by atoms with E-state index in [1.807, 2.05) is 6.92 Å². The lowest BCUT2D eigenvalue weighted by Gasteiger charge is -2.34. The molecule has 4 nitrogen and oxygen atoms in total. The molecule has 30 heavy (non-hydrogen) atoms. The van der Waals surface area contributed by atoms with E-state index in [4.69, 9.17) is 4.18 Å². The predicted molar refractivity (Wildman–Crippen MR) is 129 cm³/mol. The summed E-state index contributed by atoms with van der Waals surface area (Å²) in [6.45, 7) is 18.4. The highest BCUT2D eigenvalue weighted by atomic mass is 32.2. The van der Waals surface area contributed by atoms with E-state index in [-0.39, 0.29) is 13.0 Å². The Balaban J connectivity index is 0.